The van der Waals surface area contributed by atoms with E-state index < -0.39 is 0 Å². The van der Waals surface area contributed by atoms with Gasteiger partial charge in [0.2, 0.25) is 0 Å². The number of ether oxygens (including phenoxy) is 4. The van der Waals surface area contributed by atoms with E-state index in [0.717, 1.165) is 42.9 Å². The van der Waals surface area contributed by atoms with Crippen LogP contribution < -0.4 is 9.47 Å². The quantitative estimate of drug-likeness (QED) is 0.800. The van der Waals surface area contributed by atoms with Crippen LogP contribution in [0.25, 0.3) is 0 Å². The Morgan fingerprint density at radius 1 is 1.38 bits per heavy atom. The third-order valence-electron chi connectivity index (χ3n) is 4.22. The zero-order valence-electron chi connectivity index (χ0n) is 12.3. The Kier molecular flexibility index (Phi) is 4.57. The first-order chi connectivity index (χ1) is 10.3. The van der Waals surface area contributed by atoms with Crippen molar-refractivity contribution in [2.75, 3.05) is 26.9 Å². The van der Waals surface area contributed by atoms with E-state index in [-0.39, 0.29) is 11.7 Å². The molecule has 0 saturated carbocycles. The van der Waals surface area contributed by atoms with Gasteiger partial charge in [-0.2, -0.15) is 0 Å². The summed E-state index contributed by atoms with van der Waals surface area (Å²) in [5.41, 5.74) is 0.797. The van der Waals surface area contributed by atoms with Gasteiger partial charge in [-0.05, 0) is 6.07 Å². The van der Waals surface area contributed by atoms with E-state index in [9.17, 15) is 0 Å². The molecule has 2 aliphatic heterocycles. The maximum absolute atomic E-state index is 6.24. The predicted octanol–water partition coefficient (Wildman–Crippen LogP) is 3.15. The van der Waals surface area contributed by atoms with Crippen molar-refractivity contribution < 1.29 is 18.9 Å². The van der Waals surface area contributed by atoms with E-state index in [1.165, 1.54) is 0 Å². The fraction of sp³-hybridized carbons (Fsp3) is 0.625. The van der Waals surface area contributed by atoms with Crippen LogP contribution in [0.15, 0.2) is 18.2 Å². The van der Waals surface area contributed by atoms with Crippen LogP contribution in [0.1, 0.15) is 24.8 Å². The monoisotopic (exact) mass is 312 g/mol. The molecule has 2 fully saturated rings. The number of para-hydroxylation sites is 1. The van der Waals surface area contributed by atoms with E-state index in [4.69, 9.17) is 30.5 Å². The minimum absolute atomic E-state index is 0.110. The molecule has 0 bridgehead atoms. The zero-order chi connectivity index (χ0) is 14.7. The second-order valence-corrected chi connectivity index (χ2v) is 5.92. The summed E-state index contributed by atoms with van der Waals surface area (Å²) in [4.78, 5) is 0. The SMILES string of the molecule is COc1cccc(CCl)c1OC1CCOC2(CCOC2)C1. The number of benzene rings is 1. The van der Waals surface area contributed by atoms with Gasteiger partial charge >= 0.3 is 0 Å². The number of halogens is 1. The van der Waals surface area contributed by atoms with E-state index in [2.05, 4.69) is 0 Å². The van der Waals surface area contributed by atoms with Crippen LogP contribution in [0.3, 0.4) is 0 Å². The Bertz CT molecular complexity index is 463. The molecular weight excluding hydrogens is 292 g/mol. The van der Waals surface area contributed by atoms with Gasteiger partial charge in [-0.15, -0.1) is 11.6 Å². The molecule has 2 aliphatic rings. The van der Waals surface area contributed by atoms with Gasteiger partial charge in [-0.1, -0.05) is 12.1 Å². The summed E-state index contributed by atoms with van der Waals surface area (Å²) in [5.74, 6) is 1.90. The Hall–Kier alpha value is -0.970. The van der Waals surface area contributed by atoms with Gasteiger partial charge in [0.1, 0.15) is 6.10 Å². The molecule has 0 radical (unpaired) electrons. The molecule has 0 aromatic heterocycles. The first kappa shape index (κ1) is 14.9. The highest BCUT2D eigenvalue weighted by Gasteiger charge is 2.42. The third-order valence-corrected chi connectivity index (χ3v) is 4.51. The normalized spacial score (nSPS) is 28.8. The minimum atomic E-state index is -0.161. The van der Waals surface area contributed by atoms with Crippen molar-refractivity contribution in [1.82, 2.24) is 0 Å². The lowest BCUT2D eigenvalue weighted by Gasteiger charge is -2.37. The molecule has 21 heavy (non-hydrogen) atoms. The van der Waals surface area contributed by atoms with Gasteiger partial charge in [0, 0.05) is 31.4 Å². The second-order valence-electron chi connectivity index (χ2n) is 5.65. The number of rotatable bonds is 4. The highest BCUT2D eigenvalue weighted by Crippen LogP contribution is 2.38. The van der Waals surface area contributed by atoms with E-state index in [0.29, 0.717) is 19.1 Å². The molecule has 1 aromatic rings. The molecular formula is C16H21ClO4. The highest BCUT2D eigenvalue weighted by molar-refractivity contribution is 6.17. The van der Waals surface area contributed by atoms with Crippen LogP contribution in [0.4, 0.5) is 0 Å². The lowest BCUT2D eigenvalue weighted by Crippen LogP contribution is -2.44. The molecule has 0 N–H and O–H groups in total. The van der Waals surface area contributed by atoms with Crippen molar-refractivity contribution >= 4 is 11.6 Å². The molecule has 0 amide bonds. The zero-order valence-corrected chi connectivity index (χ0v) is 13.0. The van der Waals surface area contributed by atoms with E-state index in [1.54, 1.807) is 7.11 Å². The van der Waals surface area contributed by atoms with Crippen LogP contribution in [0.5, 0.6) is 11.5 Å². The van der Waals surface area contributed by atoms with Crippen LogP contribution in [0.2, 0.25) is 0 Å². The summed E-state index contributed by atoms with van der Waals surface area (Å²) in [6.07, 6.45) is 2.79. The van der Waals surface area contributed by atoms with E-state index in [1.807, 2.05) is 18.2 Å². The third kappa shape index (κ3) is 3.12. The summed E-state index contributed by atoms with van der Waals surface area (Å²) in [6, 6.07) is 5.80. The summed E-state index contributed by atoms with van der Waals surface area (Å²) in [7, 11) is 1.65. The van der Waals surface area contributed by atoms with Gasteiger partial charge in [0.15, 0.2) is 11.5 Å². The molecule has 4 nitrogen and oxygen atoms in total. The molecule has 5 heteroatoms. The largest absolute Gasteiger partial charge is 0.493 e. The van der Waals surface area contributed by atoms with Crippen LogP contribution >= 0.6 is 11.6 Å². The summed E-state index contributed by atoms with van der Waals surface area (Å²) in [5, 5.41) is 0. The number of alkyl halides is 1. The highest BCUT2D eigenvalue weighted by atomic mass is 35.5. The predicted molar refractivity (Wildman–Crippen MR) is 80.3 cm³/mol. The lowest BCUT2D eigenvalue weighted by molar-refractivity contribution is -0.112. The summed E-state index contributed by atoms with van der Waals surface area (Å²) < 4.78 is 23.1. The first-order valence-electron chi connectivity index (χ1n) is 7.36. The maximum Gasteiger partial charge on any atom is 0.165 e. The summed E-state index contributed by atoms with van der Waals surface area (Å²) >= 11 is 6.02. The molecule has 0 aliphatic carbocycles. The average molecular weight is 313 g/mol. The lowest BCUT2D eigenvalue weighted by atomic mass is 9.91. The first-order valence-corrected chi connectivity index (χ1v) is 7.90. The van der Waals surface area contributed by atoms with Crippen LogP contribution in [-0.2, 0) is 15.4 Å². The molecule has 2 heterocycles. The fourth-order valence-electron chi connectivity index (χ4n) is 3.07. The smallest absolute Gasteiger partial charge is 0.165 e. The van der Waals surface area contributed by atoms with Crippen molar-refractivity contribution in [2.45, 2.75) is 36.8 Å². The van der Waals surface area contributed by atoms with Gasteiger partial charge in [0.05, 0.1) is 31.8 Å². The van der Waals surface area contributed by atoms with Gasteiger partial charge in [-0.3, -0.25) is 0 Å². The maximum atomic E-state index is 6.24. The Morgan fingerprint density at radius 2 is 2.29 bits per heavy atom. The standard InChI is InChI=1S/C16H21ClO4/c1-18-14-4-2-3-12(10-17)15(14)21-13-5-7-20-16(9-13)6-8-19-11-16/h2-4,13H,5-11H2,1H3. The Balaban J connectivity index is 1.77. The van der Waals surface area contributed by atoms with Crippen molar-refractivity contribution in [3.05, 3.63) is 23.8 Å². The van der Waals surface area contributed by atoms with Crippen LogP contribution in [0, 0.1) is 0 Å². The van der Waals surface area contributed by atoms with Crippen LogP contribution in [-0.4, -0.2) is 38.6 Å². The molecule has 2 unspecified atom stereocenters. The van der Waals surface area contributed by atoms with Gasteiger partial charge in [-0.25, -0.2) is 0 Å². The molecule has 116 valence electrons. The van der Waals surface area contributed by atoms with Crippen molar-refractivity contribution in [3.8, 4) is 11.5 Å². The number of hydrogen-bond acceptors (Lipinski definition) is 4. The minimum Gasteiger partial charge on any atom is -0.493 e. The molecule has 2 atom stereocenters. The molecule has 1 aromatic carbocycles. The second kappa shape index (κ2) is 6.42. The van der Waals surface area contributed by atoms with Crippen molar-refractivity contribution in [2.24, 2.45) is 0 Å². The molecule has 1 spiro atoms. The van der Waals surface area contributed by atoms with E-state index >= 15 is 0 Å². The molecule has 3 rings (SSSR count). The Labute approximate surface area is 130 Å². The van der Waals surface area contributed by atoms with Gasteiger partial charge in [0.25, 0.3) is 0 Å². The Morgan fingerprint density at radius 3 is 3.00 bits per heavy atom. The van der Waals surface area contributed by atoms with Crippen molar-refractivity contribution in [3.63, 3.8) is 0 Å². The number of hydrogen-bond donors (Lipinski definition) is 0. The van der Waals surface area contributed by atoms with Gasteiger partial charge < -0.3 is 18.9 Å². The topological polar surface area (TPSA) is 36.9 Å². The van der Waals surface area contributed by atoms with Crippen molar-refractivity contribution in [1.29, 1.82) is 0 Å². The fourth-order valence-corrected chi connectivity index (χ4v) is 3.28. The number of methoxy groups -OCH3 is 1. The summed E-state index contributed by atoms with van der Waals surface area (Å²) in [6.45, 7) is 2.15. The molecule has 2 saturated heterocycles. The average Bonchev–Trinajstić information content (AvgIpc) is 2.95.